The molecule has 2 aromatic carbocycles. The fraction of sp³-hybridized carbons (Fsp3) is 0.633. The number of carbonyl (C=O) groups excluding carboxylic acids is 6. The van der Waals surface area contributed by atoms with E-state index in [0.717, 1.165) is 0 Å². The SMILES string of the molecule is C.C.CC(=O)NC1[C@H](OCCOCCOCCNC(=O)c2ccccc2)OC(CO)[C@H](O)[C@@H]1O.CC(=O)NC1[C@H](OCCOCCOCCNC(=O)c2ccccc2)OC(COC(C)=O)[C@H](OC(C)=O)[C@@H]1C. The standard InChI is InChI=1S/C26H38N2O10.C21H32N2O9.2CH4/c1-17-23(28-18(2)29)26(38-22(16-36-19(3)30)24(17)37-20(4)31)35-15-14-34-13-12-33-11-10-27-25(32)21-8-6-5-7-9-21;1-14(25)23-17-19(27)18(26)16(13-24)32-21(17)31-12-11-30-10-9-29-8-7-22-20(28)15-5-3-2-4-6-15;;/h5-9,17,22-24,26H,10-16H2,1-4H3,(H,27,32)(H,28,29);2-6,16-19,21,24,26-27H,7-13H2,1H3,(H,22,28)(H,23,25);2*1H4/t17-,22?,23?,24-,26-;16?,17?,18-,19+,21+;;/m10../s1. The Morgan fingerprint density at radius 2 is 0.972 bits per heavy atom. The van der Waals surface area contributed by atoms with Crippen LogP contribution in [-0.2, 0) is 66.5 Å². The van der Waals surface area contributed by atoms with Crippen LogP contribution in [0.1, 0.15) is 70.2 Å². The topological polar surface area (TPSA) is 304 Å². The van der Waals surface area contributed by atoms with E-state index in [1.54, 1.807) is 55.5 Å². The van der Waals surface area contributed by atoms with Crippen LogP contribution in [0.2, 0.25) is 0 Å². The molecule has 0 saturated carbocycles. The summed E-state index contributed by atoms with van der Waals surface area (Å²) in [7, 11) is 0. The van der Waals surface area contributed by atoms with Gasteiger partial charge in [0.1, 0.15) is 43.2 Å². The Morgan fingerprint density at radius 1 is 0.556 bits per heavy atom. The second kappa shape index (κ2) is 36.7. The summed E-state index contributed by atoms with van der Waals surface area (Å²) in [5.74, 6) is -2.45. The monoisotopic (exact) mass is 1030 g/mol. The molecule has 2 fully saturated rings. The molecule has 0 aromatic heterocycles. The number of benzene rings is 2. The van der Waals surface area contributed by atoms with Crippen LogP contribution >= 0.6 is 0 Å². The van der Waals surface area contributed by atoms with Gasteiger partial charge in [-0.05, 0) is 24.3 Å². The number of hydrogen-bond donors (Lipinski definition) is 7. The molecule has 2 aliphatic heterocycles. The first-order valence-corrected chi connectivity index (χ1v) is 23.0. The van der Waals surface area contributed by atoms with Crippen LogP contribution in [0.15, 0.2) is 60.7 Å². The summed E-state index contributed by atoms with van der Waals surface area (Å²) in [6.45, 7) is 9.72. The van der Waals surface area contributed by atoms with Gasteiger partial charge in [0.2, 0.25) is 11.8 Å². The summed E-state index contributed by atoms with van der Waals surface area (Å²) < 4.78 is 55.0. The molecule has 4 unspecified atom stereocenters. The summed E-state index contributed by atoms with van der Waals surface area (Å²) >= 11 is 0. The van der Waals surface area contributed by atoms with Crippen molar-refractivity contribution in [1.82, 2.24) is 21.3 Å². The van der Waals surface area contributed by atoms with E-state index < -0.39 is 79.6 Å². The number of amides is 4. The van der Waals surface area contributed by atoms with Gasteiger partial charge in [-0.3, -0.25) is 28.8 Å². The molecule has 408 valence electrons. The molecule has 4 rings (SSSR count). The minimum atomic E-state index is -1.36. The van der Waals surface area contributed by atoms with E-state index in [-0.39, 0.29) is 71.5 Å². The Hall–Kier alpha value is -5.18. The summed E-state index contributed by atoms with van der Waals surface area (Å²) in [5.41, 5.74) is 1.18. The van der Waals surface area contributed by atoms with Crippen LogP contribution in [0, 0.1) is 5.92 Å². The molecule has 2 saturated heterocycles. The van der Waals surface area contributed by atoms with Crippen molar-refractivity contribution in [2.75, 3.05) is 92.4 Å². The molecule has 0 radical (unpaired) electrons. The molecule has 7 N–H and O–H groups in total. The number of ether oxygens (including phenoxy) is 10. The zero-order valence-electron chi connectivity index (χ0n) is 40.3. The number of aliphatic hydroxyl groups excluding tert-OH is 3. The van der Waals surface area contributed by atoms with Gasteiger partial charge in [-0.15, -0.1) is 0 Å². The number of carbonyl (C=O) groups is 6. The van der Waals surface area contributed by atoms with Crippen LogP contribution in [0.25, 0.3) is 0 Å². The fourth-order valence-electron chi connectivity index (χ4n) is 6.97. The molecule has 72 heavy (non-hydrogen) atoms. The molecule has 23 heteroatoms. The molecule has 23 nitrogen and oxygen atoms in total. The van der Waals surface area contributed by atoms with E-state index in [2.05, 4.69) is 21.3 Å². The van der Waals surface area contributed by atoms with Crippen LogP contribution in [0.5, 0.6) is 0 Å². The molecule has 0 spiro atoms. The number of nitrogens with one attached hydrogen (secondary N) is 4. The first-order valence-electron chi connectivity index (χ1n) is 23.0. The fourth-order valence-corrected chi connectivity index (χ4v) is 6.97. The van der Waals surface area contributed by atoms with Gasteiger partial charge in [0, 0.05) is 57.8 Å². The lowest BCUT2D eigenvalue weighted by atomic mass is 9.88. The van der Waals surface area contributed by atoms with Crippen molar-refractivity contribution in [3.05, 3.63) is 71.8 Å². The third-order valence-corrected chi connectivity index (χ3v) is 10.3. The maximum Gasteiger partial charge on any atom is 0.303 e. The highest BCUT2D eigenvalue weighted by molar-refractivity contribution is 5.94. The molecule has 2 aromatic rings. The van der Waals surface area contributed by atoms with Crippen molar-refractivity contribution >= 4 is 35.6 Å². The van der Waals surface area contributed by atoms with E-state index in [9.17, 15) is 44.1 Å². The normalized spacial score (nSPS) is 23.3. The third-order valence-electron chi connectivity index (χ3n) is 10.3. The van der Waals surface area contributed by atoms with Crippen molar-refractivity contribution in [3.8, 4) is 0 Å². The van der Waals surface area contributed by atoms with Crippen molar-refractivity contribution in [3.63, 3.8) is 0 Å². The summed E-state index contributed by atoms with van der Waals surface area (Å²) in [4.78, 5) is 69.9. The highest BCUT2D eigenvalue weighted by Crippen LogP contribution is 2.30. The van der Waals surface area contributed by atoms with Crippen LogP contribution in [0.4, 0.5) is 0 Å². The molecule has 2 heterocycles. The van der Waals surface area contributed by atoms with Crippen molar-refractivity contribution < 1.29 is 91.5 Å². The van der Waals surface area contributed by atoms with E-state index in [1.807, 2.05) is 12.1 Å². The van der Waals surface area contributed by atoms with Gasteiger partial charge in [-0.1, -0.05) is 58.2 Å². The first-order chi connectivity index (χ1) is 33.6. The van der Waals surface area contributed by atoms with E-state index in [4.69, 9.17) is 47.4 Å². The number of aliphatic hydroxyl groups is 3. The maximum absolute atomic E-state index is 12.0. The molecular formula is C49H78N4O19. The van der Waals surface area contributed by atoms with Crippen molar-refractivity contribution in [2.24, 2.45) is 5.92 Å². The van der Waals surface area contributed by atoms with Crippen LogP contribution in [0.3, 0.4) is 0 Å². The second-order valence-corrected chi connectivity index (χ2v) is 15.9. The number of esters is 2. The summed E-state index contributed by atoms with van der Waals surface area (Å²) in [6.07, 6.45) is -7.21. The summed E-state index contributed by atoms with van der Waals surface area (Å²) in [6, 6.07) is 16.2. The Kier molecular flexibility index (Phi) is 33.0. The van der Waals surface area contributed by atoms with Gasteiger partial charge in [0.15, 0.2) is 12.6 Å². The Morgan fingerprint density at radius 3 is 1.40 bits per heavy atom. The molecular weight excluding hydrogens is 949 g/mol. The van der Waals surface area contributed by atoms with Gasteiger partial charge in [0.25, 0.3) is 11.8 Å². The minimum Gasteiger partial charge on any atom is -0.463 e. The zero-order valence-corrected chi connectivity index (χ0v) is 40.3. The molecule has 0 aliphatic carbocycles. The second-order valence-electron chi connectivity index (χ2n) is 15.9. The lowest BCUT2D eigenvalue weighted by Crippen LogP contribution is -2.64. The smallest absolute Gasteiger partial charge is 0.303 e. The highest BCUT2D eigenvalue weighted by Gasteiger charge is 2.47. The van der Waals surface area contributed by atoms with Crippen LogP contribution < -0.4 is 21.3 Å². The van der Waals surface area contributed by atoms with Crippen LogP contribution in [-0.4, -0.2) is 198 Å². The molecule has 0 bridgehead atoms. The first kappa shape index (κ1) is 64.8. The average molecular weight is 1030 g/mol. The van der Waals surface area contributed by atoms with E-state index >= 15 is 0 Å². The van der Waals surface area contributed by atoms with Gasteiger partial charge in [0.05, 0.1) is 78.7 Å². The molecule has 10 atom stereocenters. The van der Waals surface area contributed by atoms with Crippen molar-refractivity contribution in [2.45, 2.75) is 105 Å². The third kappa shape index (κ3) is 24.5. The van der Waals surface area contributed by atoms with E-state index in [1.165, 1.54) is 27.7 Å². The molecule has 2 aliphatic rings. The van der Waals surface area contributed by atoms with E-state index in [0.29, 0.717) is 63.9 Å². The largest absolute Gasteiger partial charge is 0.463 e. The lowest BCUT2D eigenvalue weighted by molar-refractivity contribution is -0.272. The van der Waals surface area contributed by atoms with Gasteiger partial charge in [-0.2, -0.15) is 0 Å². The molecule has 4 amide bonds. The highest BCUT2D eigenvalue weighted by atomic mass is 16.7. The number of rotatable bonds is 28. The Labute approximate surface area is 422 Å². The Bertz CT molecular complexity index is 1850. The zero-order chi connectivity index (χ0) is 51.3. The lowest BCUT2D eigenvalue weighted by Gasteiger charge is -2.44. The maximum atomic E-state index is 12.0. The predicted octanol–water partition coefficient (Wildman–Crippen LogP) is 0.509. The average Bonchev–Trinajstić information content (AvgIpc) is 3.33. The minimum absolute atomic E-state index is 0. The Balaban J connectivity index is 0.000000710. The number of hydrogen-bond acceptors (Lipinski definition) is 19. The van der Waals surface area contributed by atoms with Gasteiger partial charge in [-0.25, -0.2) is 0 Å². The van der Waals surface area contributed by atoms with Gasteiger partial charge >= 0.3 is 11.9 Å². The quantitative estimate of drug-likeness (QED) is 0.0451. The van der Waals surface area contributed by atoms with Gasteiger partial charge < -0.3 is 84.0 Å². The summed E-state index contributed by atoms with van der Waals surface area (Å²) in [5, 5.41) is 40.2. The predicted molar refractivity (Wildman–Crippen MR) is 259 cm³/mol. The van der Waals surface area contributed by atoms with Crippen molar-refractivity contribution in [1.29, 1.82) is 0 Å².